The van der Waals surface area contributed by atoms with Gasteiger partial charge in [-0.25, -0.2) is 0 Å². The van der Waals surface area contributed by atoms with Crippen LogP contribution in [0, 0.1) is 17.3 Å². The topological polar surface area (TPSA) is 76.1 Å². The molecule has 0 aromatic heterocycles. The van der Waals surface area contributed by atoms with E-state index in [0.29, 0.717) is 12.3 Å². The molecule has 0 aromatic rings. The van der Waals surface area contributed by atoms with Crippen LogP contribution in [-0.4, -0.2) is 46.7 Å². The molecule has 2 saturated carbocycles. The van der Waals surface area contributed by atoms with Gasteiger partial charge in [-0.1, -0.05) is 6.42 Å². The Hall–Kier alpha value is -0.650. The fraction of sp³-hybridized carbons (Fsp3) is 0.875. The summed E-state index contributed by atoms with van der Waals surface area (Å²) in [7, 11) is 0. The van der Waals surface area contributed by atoms with Gasteiger partial charge in [0.15, 0.2) is 0 Å². The van der Waals surface area contributed by atoms with E-state index in [1.54, 1.807) is 6.92 Å². The van der Waals surface area contributed by atoms with Crippen molar-refractivity contribution in [1.29, 1.82) is 0 Å². The Morgan fingerprint density at radius 1 is 1.41 bits per heavy atom. The van der Waals surface area contributed by atoms with Gasteiger partial charge in [-0.3, -0.25) is 9.59 Å². The standard InChI is InChI=1S/C16H21ClO5/c1-15-9(5-6-17)10(18)7-16(15,14(20)22-15)13(19)8-3-2-4-11-12(8)21-11/h8-9,11-13,19H,2-7H2,1H3/t8-,9-,11+,12-,13-,15-,16+/m0/s1. The third kappa shape index (κ3) is 1.62. The third-order valence-corrected chi connectivity index (χ3v) is 6.66. The Balaban J connectivity index is 1.66. The molecule has 0 radical (unpaired) electrons. The number of aliphatic hydroxyl groups is 1. The molecule has 2 aliphatic heterocycles. The van der Waals surface area contributed by atoms with E-state index in [0.717, 1.165) is 19.3 Å². The molecule has 4 fully saturated rings. The predicted octanol–water partition coefficient (Wildman–Crippen LogP) is 1.43. The Bertz CT molecular complexity index is 537. The summed E-state index contributed by atoms with van der Waals surface area (Å²) in [5.41, 5.74) is -2.02. The van der Waals surface area contributed by atoms with Gasteiger partial charge >= 0.3 is 5.97 Å². The number of fused-ring (bicyclic) bond motifs is 2. The zero-order chi connectivity index (χ0) is 15.7. The van der Waals surface area contributed by atoms with Crippen molar-refractivity contribution in [1.82, 2.24) is 0 Å². The smallest absolute Gasteiger partial charge is 0.319 e. The fourth-order valence-electron chi connectivity index (χ4n) is 5.12. The molecule has 2 heterocycles. The summed E-state index contributed by atoms with van der Waals surface area (Å²) >= 11 is 5.81. The van der Waals surface area contributed by atoms with Crippen molar-refractivity contribution in [3.8, 4) is 0 Å². The largest absolute Gasteiger partial charge is 0.457 e. The lowest BCUT2D eigenvalue weighted by atomic mass is 9.60. The minimum absolute atomic E-state index is 0.0166. The summed E-state index contributed by atoms with van der Waals surface area (Å²) in [5.74, 6) is -0.592. The molecule has 5 nitrogen and oxygen atoms in total. The molecule has 1 N–H and O–H groups in total. The molecule has 0 aromatic carbocycles. The fourth-order valence-corrected chi connectivity index (χ4v) is 5.34. The molecule has 0 unspecified atom stereocenters. The quantitative estimate of drug-likeness (QED) is 0.480. The molecule has 4 aliphatic rings. The highest BCUT2D eigenvalue weighted by molar-refractivity contribution is 6.18. The number of carbonyl (C=O) groups excluding carboxylic acids is 2. The number of Topliss-reactive ketones (excluding diaryl/α,β-unsaturated/α-hetero) is 1. The minimum atomic E-state index is -1.10. The predicted molar refractivity (Wildman–Crippen MR) is 77.4 cm³/mol. The Morgan fingerprint density at radius 2 is 2.18 bits per heavy atom. The van der Waals surface area contributed by atoms with Crippen LogP contribution in [0.15, 0.2) is 0 Å². The first-order valence-corrected chi connectivity index (χ1v) is 8.65. The Kier molecular flexibility index (Phi) is 3.17. The normalized spacial score (nSPS) is 50.7. The summed E-state index contributed by atoms with van der Waals surface area (Å²) in [6.45, 7) is 1.79. The molecule has 0 spiro atoms. The van der Waals surface area contributed by atoms with Gasteiger partial charge in [0.25, 0.3) is 0 Å². The van der Waals surface area contributed by atoms with Gasteiger partial charge in [-0.15, -0.1) is 11.6 Å². The van der Waals surface area contributed by atoms with Crippen molar-refractivity contribution in [2.75, 3.05) is 5.88 Å². The summed E-state index contributed by atoms with van der Waals surface area (Å²) in [6.07, 6.45) is 2.78. The number of alkyl halides is 1. The SMILES string of the molecule is C[C@@]12OC(=O)[C@]1([C@@H](O)[C@H]1CCC[C@H]3O[C@@H]13)CC(=O)[C@@H]2CCCl. The first-order valence-electron chi connectivity index (χ1n) is 8.11. The number of ketones is 1. The van der Waals surface area contributed by atoms with Crippen LogP contribution < -0.4 is 0 Å². The van der Waals surface area contributed by atoms with Crippen LogP contribution in [0.25, 0.3) is 0 Å². The maximum Gasteiger partial charge on any atom is 0.319 e. The van der Waals surface area contributed by atoms with Crippen molar-refractivity contribution in [3.05, 3.63) is 0 Å². The second kappa shape index (κ2) is 4.68. The number of aliphatic hydroxyl groups excluding tert-OH is 1. The zero-order valence-corrected chi connectivity index (χ0v) is 13.3. The van der Waals surface area contributed by atoms with Crippen LogP contribution in [0.5, 0.6) is 0 Å². The van der Waals surface area contributed by atoms with Gasteiger partial charge in [-0.05, 0) is 26.2 Å². The number of hydrogen-bond donors (Lipinski definition) is 1. The first kappa shape index (κ1) is 14.9. The van der Waals surface area contributed by atoms with E-state index in [1.807, 2.05) is 0 Å². The molecule has 0 bridgehead atoms. The third-order valence-electron chi connectivity index (χ3n) is 6.44. The van der Waals surface area contributed by atoms with Crippen molar-refractivity contribution in [3.63, 3.8) is 0 Å². The van der Waals surface area contributed by atoms with E-state index in [1.165, 1.54) is 0 Å². The molecule has 122 valence electrons. The highest BCUT2D eigenvalue weighted by atomic mass is 35.5. The highest BCUT2D eigenvalue weighted by Gasteiger charge is 2.79. The van der Waals surface area contributed by atoms with E-state index < -0.39 is 29.0 Å². The molecule has 4 rings (SSSR count). The molecule has 6 heteroatoms. The Morgan fingerprint density at radius 3 is 2.86 bits per heavy atom. The number of carbonyl (C=O) groups is 2. The van der Waals surface area contributed by atoms with E-state index >= 15 is 0 Å². The van der Waals surface area contributed by atoms with E-state index in [4.69, 9.17) is 21.1 Å². The number of halogens is 1. The number of epoxide rings is 1. The van der Waals surface area contributed by atoms with Crippen molar-refractivity contribution >= 4 is 23.4 Å². The first-order chi connectivity index (χ1) is 10.5. The average Bonchev–Trinajstić information content (AvgIpc) is 3.25. The van der Waals surface area contributed by atoms with Crippen molar-refractivity contribution in [2.45, 2.75) is 62.9 Å². The molecule has 7 atom stereocenters. The summed E-state index contributed by atoms with van der Waals surface area (Å²) in [5, 5.41) is 11.0. The van der Waals surface area contributed by atoms with Crippen molar-refractivity contribution < 1.29 is 24.2 Å². The second-order valence-electron chi connectivity index (χ2n) is 7.32. The van der Waals surface area contributed by atoms with E-state index in [-0.39, 0.29) is 30.3 Å². The van der Waals surface area contributed by atoms with Crippen LogP contribution in [0.2, 0.25) is 0 Å². The molecular weight excluding hydrogens is 308 g/mol. The van der Waals surface area contributed by atoms with Gasteiger partial charge in [0.1, 0.15) is 16.8 Å². The zero-order valence-electron chi connectivity index (χ0n) is 12.6. The van der Waals surface area contributed by atoms with Gasteiger partial charge in [0.05, 0.1) is 24.2 Å². The molecule has 2 saturated heterocycles. The van der Waals surface area contributed by atoms with Gasteiger partial charge < -0.3 is 14.6 Å². The molecular formula is C16H21ClO5. The van der Waals surface area contributed by atoms with E-state index in [2.05, 4.69) is 0 Å². The summed E-state index contributed by atoms with van der Waals surface area (Å²) < 4.78 is 11.1. The number of ether oxygens (including phenoxy) is 2. The second-order valence-corrected chi connectivity index (χ2v) is 7.70. The lowest BCUT2D eigenvalue weighted by molar-refractivity contribution is -0.265. The molecule has 0 amide bonds. The molecule has 22 heavy (non-hydrogen) atoms. The monoisotopic (exact) mass is 328 g/mol. The maximum absolute atomic E-state index is 12.4. The van der Waals surface area contributed by atoms with Gasteiger partial charge in [0.2, 0.25) is 0 Å². The molecule has 2 aliphatic carbocycles. The van der Waals surface area contributed by atoms with Crippen LogP contribution in [-0.2, 0) is 19.1 Å². The van der Waals surface area contributed by atoms with E-state index in [9.17, 15) is 14.7 Å². The highest BCUT2D eigenvalue weighted by Crippen LogP contribution is 2.63. The number of hydrogen-bond acceptors (Lipinski definition) is 5. The summed E-state index contributed by atoms with van der Waals surface area (Å²) in [4.78, 5) is 24.8. The lowest BCUT2D eigenvalue weighted by Crippen LogP contribution is -2.71. The lowest BCUT2D eigenvalue weighted by Gasteiger charge is -2.55. The van der Waals surface area contributed by atoms with Crippen LogP contribution >= 0.6 is 11.6 Å². The van der Waals surface area contributed by atoms with Crippen LogP contribution in [0.3, 0.4) is 0 Å². The number of rotatable bonds is 4. The van der Waals surface area contributed by atoms with Crippen molar-refractivity contribution in [2.24, 2.45) is 17.3 Å². The van der Waals surface area contributed by atoms with Gasteiger partial charge in [-0.2, -0.15) is 0 Å². The van der Waals surface area contributed by atoms with Crippen LogP contribution in [0.1, 0.15) is 39.0 Å². The maximum atomic E-state index is 12.4. The Labute approximate surface area is 134 Å². The number of esters is 1. The average molecular weight is 329 g/mol. The van der Waals surface area contributed by atoms with Gasteiger partial charge in [0, 0.05) is 18.2 Å². The van der Waals surface area contributed by atoms with Crippen LogP contribution in [0.4, 0.5) is 0 Å². The minimum Gasteiger partial charge on any atom is -0.457 e. The summed E-state index contributed by atoms with van der Waals surface area (Å²) in [6, 6.07) is 0.